The van der Waals surface area contributed by atoms with Crippen LogP contribution in [0.3, 0.4) is 0 Å². The quantitative estimate of drug-likeness (QED) is 0.306. The lowest BCUT2D eigenvalue weighted by Gasteiger charge is -2.49. The van der Waals surface area contributed by atoms with Crippen LogP contribution in [0.4, 0.5) is 10.5 Å². The van der Waals surface area contributed by atoms with Crippen molar-refractivity contribution in [1.82, 2.24) is 4.98 Å². The fourth-order valence-corrected chi connectivity index (χ4v) is 7.27. The number of aryl methyl sites for hydroxylation is 3. The van der Waals surface area contributed by atoms with E-state index in [1.54, 1.807) is 6.07 Å². The smallest absolute Gasteiger partial charge is 0.449 e. The summed E-state index contributed by atoms with van der Waals surface area (Å²) in [5.41, 5.74) is 5.59. The molecular weight excluding hydrogens is 466 g/mol. The van der Waals surface area contributed by atoms with Crippen LogP contribution in [-0.2, 0) is 11.2 Å². The lowest BCUT2D eigenvalue weighted by atomic mass is 9.84. The number of ether oxygens (including phenoxy) is 1. The molecule has 1 aromatic heterocycles. The number of quaternary nitrogens is 1. The molecule has 0 bridgehead atoms. The highest BCUT2D eigenvalue weighted by Gasteiger charge is 2.52. The SMILES string of the molecule is Cc1cc(N2CCC([N+](C)(C(=O)C3CCCCC3)C3CCc4ccc(OC(=O)O)cc43)CC2)cc(C)n1. The van der Waals surface area contributed by atoms with E-state index < -0.39 is 6.16 Å². The number of piperidine rings is 1. The van der Waals surface area contributed by atoms with Gasteiger partial charge in [0.15, 0.2) is 0 Å². The minimum atomic E-state index is -1.31. The molecule has 5 rings (SSSR count). The Bertz CT molecular complexity index is 1150. The van der Waals surface area contributed by atoms with Gasteiger partial charge >= 0.3 is 12.1 Å². The van der Waals surface area contributed by atoms with E-state index in [2.05, 4.69) is 29.1 Å². The van der Waals surface area contributed by atoms with Gasteiger partial charge in [-0.25, -0.2) is 9.59 Å². The number of anilines is 1. The molecular formula is C30H40N3O4+. The Kier molecular flexibility index (Phi) is 7.26. The number of benzene rings is 1. The second kappa shape index (κ2) is 10.4. The van der Waals surface area contributed by atoms with Gasteiger partial charge in [-0.05, 0) is 62.9 Å². The molecule has 1 saturated heterocycles. The van der Waals surface area contributed by atoms with Gasteiger partial charge in [-0.2, -0.15) is 0 Å². The number of pyridine rings is 1. The number of carbonyl (C=O) groups excluding carboxylic acids is 1. The minimum absolute atomic E-state index is 0.0312. The van der Waals surface area contributed by atoms with E-state index in [-0.39, 0.29) is 18.0 Å². The van der Waals surface area contributed by atoms with Crippen molar-refractivity contribution < 1.29 is 23.9 Å². The van der Waals surface area contributed by atoms with Crippen LogP contribution in [0, 0.1) is 19.8 Å². The first-order valence-electron chi connectivity index (χ1n) is 13.9. The molecule has 2 heterocycles. The van der Waals surface area contributed by atoms with Crippen LogP contribution in [0.2, 0.25) is 0 Å². The van der Waals surface area contributed by atoms with Gasteiger partial charge in [0.1, 0.15) is 11.8 Å². The number of hydrogen-bond acceptors (Lipinski definition) is 5. The molecule has 1 aromatic carbocycles. The summed E-state index contributed by atoms with van der Waals surface area (Å²) >= 11 is 0. The zero-order chi connectivity index (χ0) is 26.2. The Hall–Kier alpha value is -2.93. The summed E-state index contributed by atoms with van der Waals surface area (Å²) in [4.78, 5) is 32.6. The van der Waals surface area contributed by atoms with E-state index in [0.717, 1.165) is 81.4 Å². The maximum Gasteiger partial charge on any atom is 0.511 e. The van der Waals surface area contributed by atoms with Gasteiger partial charge in [-0.1, -0.05) is 25.3 Å². The zero-order valence-corrected chi connectivity index (χ0v) is 22.4. The molecule has 37 heavy (non-hydrogen) atoms. The Labute approximate surface area is 220 Å². The molecule has 0 radical (unpaired) electrons. The number of hydrogen-bond donors (Lipinski definition) is 1. The van der Waals surface area contributed by atoms with Crippen LogP contribution in [0.15, 0.2) is 30.3 Å². The number of amides is 1. The van der Waals surface area contributed by atoms with Gasteiger partial charge < -0.3 is 14.7 Å². The standard InChI is InChI=1S/C30H39N3O4/c1-20-17-24(18-21(2)31-20)32-15-13-25(14-16-32)33(3,29(34)23-7-5-4-6-8-23)28-12-10-22-9-11-26(19-27(22)28)37-30(35)36/h9,11,17-19,23,25,28H,4-8,10,12-16H2,1-3H3/p+1. The first-order chi connectivity index (χ1) is 17.8. The first kappa shape index (κ1) is 25.7. The Morgan fingerprint density at radius 2 is 1.65 bits per heavy atom. The molecule has 1 aliphatic heterocycles. The van der Waals surface area contributed by atoms with E-state index in [1.807, 2.05) is 26.0 Å². The molecule has 2 unspecified atom stereocenters. The summed E-state index contributed by atoms with van der Waals surface area (Å²) in [6.07, 6.45) is 7.88. The molecule has 1 saturated carbocycles. The third-order valence-electron chi connectivity index (χ3n) is 9.10. The lowest BCUT2D eigenvalue weighted by Crippen LogP contribution is -2.62. The van der Waals surface area contributed by atoms with Gasteiger partial charge in [0.05, 0.1) is 19.0 Å². The monoisotopic (exact) mass is 506 g/mol. The third kappa shape index (κ3) is 5.11. The van der Waals surface area contributed by atoms with Gasteiger partial charge in [-0.15, -0.1) is 0 Å². The molecule has 7 nitrogen and oxygen atoms in total. The number of rotatable bonds is 5. The zero-order valence-electron chi connectivity index (χ0n) is 22.4. The van der Waals surface area contributed by atoms with Crippen molar-refractivity contribution in [3.05, 3.63) is 52.8 Å². The van der Waals surface area contributed by atoms with Crippen LogP contribution < -0.4 is 9.64 Å². The number of fused-ring (bicyclic) bond motifs is 1. The van der Waals surface area contributed by atoms with Crippen molar-refractivity contribution in [1.29, 1.82) is 0 Å². The average Bonchev–Trinajstić information content (AvgIpc) is 3.31. The summed E-state index contributed by atoms with van der Waals surface area (Å²) in [6, 6.07) is 10.2. The van der Waals surface area contributed by atoms with Crippen LogP contribution in [0.5, 0.6) is 5.75 Å². The average molecular weight is 507 g/mol. The number of aromatic nitrogens is 1. The highest BCUT2D eigenvalue weighted by atomic mass is 16.7. The predicted octanol–water partition coefficient (Wildman–Crippen LogP) is 5.97. The van der Waals surface area contributed by atoms with Gasteiger partial charge in [0, 0.05) is 55.0 Å². The Morgan fingerprint density at radius 3 is 2.30 bits per heavy atom. The molecule has 198 valence electrons. The van der Waals surface area contributed by atoms with E-state index in [1.165, 1.54) is 17.7 Å². The predicted molar refractivity (Wildman–Crippen MR) is 143 cm³/mol. The second-order valence-corrected chi connectivity index (χ2v) is 11.4. The van der Waals surface area contributed by atoms with Crippen molar-refractivity contribution in [2.45, 2.75) is 83.7 Å². The maximum absolute atomic E-state index is 14.4. The number of carboxylic acid groups (broad SMARTS) is 1. The fraction of sp³-hybridized carbons (Fsp3) is 0.567. The Balaban J connectivity index is 1.45. The highest BCUT2D eigenvalue weighted by Crippen LogP contribution is 2.46. The maximum atomic E-state index is 14.4. The molecule has 1 amide bonds. The molecule has 2 aromatic rings. The van der Waals surface area contributed by atoms with Gasteiger partial charge in [0.25, 0.3) is 0 Å². The molecule has 2 aliphatic carbocycles. The normalized spacial score (nSPS) is 22.4. The summed E-state index contributed by atoms with van der Waals surface area (Å²) < 4.78 is 5.45. The second-order valence-electron chi connectivity index (χ2n) is 11.4. The summed E-state index contributed by atoms with van der Waals surface area (Å²) in [7, 11) is 2.18. The van der Waals surface area contributed by atoms with E-state index >= 15 is 0 Å². The van der Waals surface area contributed by atoms with Gasteiger partial charge in [-0.3, -0.25) is 9.47 Å². The van der Waals surface area contributed by atoms with Crippen LogP contribution >= 0.6 is 0 Å². The van der Waals surface area contributed by atoms with E-state index in [0.29, 0.717) is 16.1 Å². The van der Waals surface area contributed by atoms with Gasteiger partial charge in [0.2, 0.25) is 0 Å². The summed E-state index contributed by atoms with van der Waals surface area (Å²) in [5, 5.41) is 9.17. The first-order valence-corrected chi connectivity index (χ1v) is 13.9. The van der Waals surface area contributed by atoms with E-state index in [9.17, 15) is 9.59 Å². The fourth-order valence-electron chi connectivity index (χ4n) is 7.27. The number of nitrogens with zero attached hydrogens (tertiary/aromatic N) is 3. The van der Waals surface area contributed by atoms with Crippen molar-refractivity contribution in [2.75, 3.05) is 25.0 Å². The van der Waals surface area contributed by atoms with Crippen molar-refractivity contribution in [3.63, 3.8) is 0 Å². The third-order valence-corrected chi connectivity index (χ3v) is 9.10. The van der Waals surface area contributed by atoms with Crippen LogP contribution in [0.25, 0.3) is 0 Å². The lowest BCUT2D eigenvalue weighted by molar-refractivity contribution is -0.893. The Morgan fingerprint density at radius 1 is 0.973 bits per heavy atom. The topological polar surface area (TPSA) is 79.7 Å². The molecule has 2 atom stereocenters. The number of carbonyl (C=O) groups is 2. The molecule has 7 heteroatoms. The highest BCUT2D eigenvalue weighted by molar-refractivity contribution is 5.73. The molecule has 2 fully saturated rings. The molecule has 0 spiro atoms. The minimum Gasteiger partial charge on any atom is -0.449 e. The molecule has 3 aliphatic rings. The van der Waals surface area contributed by atoms with Crippen molar-refractivity contribution >= 4 is 17.7 Å². The largest absolute Gasteiger partial charge is 0.511 e. The van der Waals surface area contributed by atoms with E-state index in [4.69, 9.17) is 9.84 Å². The molecule has 1 N–H and O–H groups in total. The van der Waals surface area contributed by atoms with Crippen LogP contribution in [-0.4, -0.2) is 52.8 Å². The summed E-state index contributed by atoms with van der Waals surface area (Å²) in [5.74, 6) is 0.842. The summed E-state index contributed by atoms with van der Waals surface area (Å²) in [6.45, 7) is 5.92. The van der Waals surface area contributed by atoms with Crippen molar-refractivity contribution in [2.24, 2.45) is 5.92 Å². The van der Waals surface area contributed by atoms with Crippen molar-refractivity contribution in [3.8, 4) is 5.75 Å². The van der Waals surface area contributed by atoms with Crippen LogP contribution in [0.1, 0.15) is 79.9 Å².